The first-order valence-electron chi connectivity index (χ1n) is 4.87. The van der Waals surface area contributed by atoms with Crippen molar-refractivity contribution in [1.29, 1.82) is 0 Å². The highest BCUT2D eigenvalue weighted by atomic mass is 16.5. The average Bonchev–Trinajstić information content (AvgIpc) is 2.45. The maximum absolute atomic E-state index is 10.3. The topological polar surface area (TPSA) is 70.0 Å². The molecule has 0 saturated carbocycles. The highest BCUT2D eigenvalue weighted by molar-refractivity contribution is 5.66. The molecule has 1 saturated heterocycles. The number of aliphatic carboxylic acids is 1. The Hall–Kier alpha value is -0.650. The molecule has 0 unspecified atom stereocenters. The lowest BCUT2D eigenvalue weighted by atomic mass is 10.3. The van der Waals surface area contributed by atoms with Gasteiger partial charge < -0.3 is 14.9 Å². The summed E-state index contributed by atoms with van der Waals surface area (Å²) in [5.41, 5.74) is 0. The van der Waals surface area contributed by atoms with Gasteiger partial charge in [0.15, 0.2) is 0 Å². The van der Waals surface area contributed by atoms with Crippen LogP contribution >= 0.6 is 0 Å². The molecule has 14 heavy (non-hydrogen) atoms. The Labute approximate surface area is 83.3 Å². The molecule has 2 N–H and O–H groups in total. The Bertz CT molecular complexity index is 197. The van der Waals surface area contributed by atoms with Crippen LogP contribution in [0.3, 0.4) is 0 Å². The number of aliphatic hydroxyl groups excluding tert-OH is 1. The molecule has 1 heterocycles. The number of hydrogen-bond acceptors (Lipinski definition) is 4. The zero-order valence-electron chi connectivity index (χ0n) is 8.35. The second kappa shape index (κ2) is 5.29. The van der Waals surface area contributed by atoms with E-state index in [0.29, 0.717) is 26.2 Å². The van der Waals surface area contributed by atoms with Crippen molar-refractivity contribution in [3.05, 3.63) is 0 Å². The minimum Gasteiger partial charge on any atom is -0.481 e. The van der Waals surface area contributed by atoms with Crippen molar-refractivity contribution in [2.45, 2.75) is 25.6 Å². The van der Waals surface area contributed by atoms with Crippen LogP contribution in [0.1, 0.15) is 13.3 Å². The molecule has 0 aromatic rings. The van der Waals surface area contributed by atoms with Gasteiger partial charge in [-0.1, -0.05) is 0 Å². The molecule has 0 bridgehead atoms. The molecule has 5 nitrogen and oxygen atoms in total. The van der Waals surface area contributed by atoms with Gasteiger partial charge in [-0.3, -0.25) is 9.69 Å². The number of β-amino-alcohol motifs (C(OH)–C–C–N with tert-alkyl or cyclic N) is 1. The van der Waals surface area contributed by atoms with Crippen LogP contribution in [0.2, 0.25) is 0 Å². The highest BCUT2D eigenvalue weighted by Crippen LogP contribution is 2.13. The van der Waals surface area contributed by atoms with Crippen LogP contribution in [-0.4, -0.2) is 59.5 Å². The number of hydrogen-bond donors (Lipinski definition) is 2. The van der Waals surface area contributed by atoms with E-state index in [4.69, 9.17) is 9.84 Å². The van der Waals surface area contributed by atoms with Crippen molar-refractivity contribution in [3.8, 4) is 0 Å². The number of ether oxygens (including phenoxy) is 1. The lowest BCUT2D eigenvalue weighted by Crippen LogP contribution is -2.27. The quantitative estimate of drug-likeness (QED) is 0.633. The van der Waals surface area contributed by atoms with Crippen LogP contribution in [0, 0.1) is 0 Å². The first-order chi connectivity index (χ1) is 6.63. The lowest BCUT2D eigenvalue weighted by molar-refractivity contribution is -0.137. The van der Waals surface area contributed by atoms with Gasteiger partial charge in [0.1, 0.15) is 0 Å². The Morgan fingerprint density at radius 1 is 1.57 bits per heavy atom. The molecule has 1 aliphatic rings. The Morgan fingerprint density at radius 3 is 2.86 bits per heavy atom. The van der Waals surface area contributed by atoms with Crippen LogP contribution in [0.4, 0.5) is 0 Å². The normalized spacial score (nSPS) is 28.1. The maximum Gasteiger partial charge on any atom is 0.304 e. The van der Waals surface area contributed by atoms with Gasteiger partial charge in [0, 0.05) is 26.2 Å². The predicted molar refractivity (Wildman–Crippen MR) is 50.1 cm³/mol. The second-order valence-electron chi connectivity index (χ2n) is 3.46. The highest BCUT2D eigenvalue weighted by Gasteiger charge is 2.31. The van der Waals surface area contributed by atoms with Gasteiger partial charge in [-0.25, -0.2) is 0 Å². The van der Waals surface area contributed by atoms with Crippen LogP contribution in [0.15, 0.2) is 0 Å². The molecule has 1 rings (SSSR count). The fraction of sp³-hybridized carbons (Fsp3) is 0.889. The van der Waals surface area contributed by atoms with Crippen molar-refractivity contribution in [2.24, 2.45) is 0 Å². The van der Waals surface area contributed by atoms with Gasteiger partial charge >= 0.3 is 5.97 Å². The number of likely N-dealkylation sites (tertiary alicyclic amines) is 1. The molecule has 82 valence electrons. The Morgan fingerprint density at radius 2 is 2.29 bits per heavy atom. The molecular formula is C9H17NO4. The third-order valence-corrected chi connectivity index (χ3v) is 2.34. The first kappa shape index (κ1) is 11.4. The third kappa shape index (κ3) is 3.25. The van der Waals surface area contributed by atoms with Crippen molar-refractivity contribution >= 4 is 5.97 Å². The van der Waals surface area contributed by atoms with Gasteiger partial charge in [0.25, 0.3) is 0 Å². The van der Waals surface area contributed by atoms with E-state index in [-0.39, 0.29) is 12.5 Å². The van der Waals surface area contributed by atoms with E-state index in [1.54, 1.807) is 0 Å². The zero-order valence-corrected chi connectivity index (χ0v) is 8.35. The number of nitrogens with zero attached hydrogens (tertiary/aromatic N) is 1. The summed E-state index contributed by atoms with van der Waals surface area (Å²) in [5.74, 6) is -0.806. The molecule has 0 aliphatic carbocycles. The molecule has 5 heteroatoms. The summed E-state index contributed by atoms with van der Waals surface area (Å²) in [5, 5.41) is 18.0. The summed E-state index contributed by atoms with van der Waals surface area (Å²) in [4.78, 5) is 12.2. The first-order valence-corrected chi connectivity index (χ1v) is 4.87. The molecule has 0 spiro atoms. The fourth-order valence-electron chi connectivity index (χ4n) is 1.65. The summed E-state index contributed by atoms with van der Waals surface area (Å²) in [6.45, 7) is 4.08. The Balaban J connectivity index is 2.27. The molecule has 2 atom stereocenters. The maximum atomic E-state index is 10.3. The number of carbonyl (C=O) groups is 1. The monoisotopic (exact) mass is 203 g/mol. The molecule has 1 fully saturated rings. The van der Waals surface area contributed by atoms with E-state index in [9.17, 15) is 9.90 Å². The van der Waals surface area contributed by atoms with E-state index < -0.39 is 12.1 Å². The average molecular weight is 203 g/mol. The van der Waals surface area contributed by atoms with Crippen molar-refractivity contribution in [2.75, 3.05) is 26.2 Å². The van der Waals surface area contributed by atoms with Crippen molar-refractivity contribution in [1.82, 2.24) is 4.90 Å². The SMILES string of the molecule is CCO[C@@H]1CN(CCC(=O)O)C[C@@H]1O. The number of rotatable bonds is 5. The van der Waals surface area contributed by atoms with Gasteiger partial charge in [0.2, 0.25) is 0 Å². The summed E-state index contributed by atoms with van der Waals surface area (Å²) < 4.78 is 5.31. The number of aliphatic hydroxyl groups is 1. The molecule has 0 amide bonds. The summed E-state index contributed by atoms with van der Waals surface area (Å²) >= 11 is 0. The van der Waals surface area contributed by atoms with Crippen LogP contribution in [0.25, 0.3) is 0 Å². The second-order valence-corrected chi connectivity index (χ2v) is 3.46. The fourth-order valence-corrected chi connectivity index (χ4v) is 1.65. The van der Waals surface area contributed by atoms with Crippen molar-refractivity contribution in [3.63, 3.8) is 0 Å². The molecular weight excluding hydrogens is 186 g/mol. The largest absolute Gasteiger partial charge is 0.481 e. The Kier molecular flexibility index (Phi) is 4.31. The zero-order chi connectivity index (χ0) is 10.6. The van der Waals surface area contributed by atoms with E-state index in [1.165, 1.54) is 0 Å². The van der Waals surface area contributed by atoms with Gasteiger partial charge in [-0.05, 0) is 6.92 Å². The van der Waals surface area contributed by atoms with Crippen LogP contribution < -0.4 is 0 Å². The van der Waals surface area contributed by atoms with Gasteiger partial charge in [0.05, 0.1) is 18.6 Å². The lowest BCUT2D eigenvalue weighted by Gasteiger charge is -2.13. The minimum atomic E-state index is -0.806. The number of carboxylic acids is 1. The smallest absolute Gasteiger partial charge is 0.304 e. The van der Waals surface area contributed by atoms with Gasteiger partial charge in [-0.2, -0.15) is 0 Å². The molecule has 0 aromatic heterocycles. The van der Waals surface area contributed by atoms with E-state index in [2.05, 4.69) is 0 Å². The molecule has 1 aliphatic heterocycles. The minimum absolute atomic E-state index is 0.117. The standard InChI is InChI=1S/C9H17NO4/c1-2-14-8-6-10(5-7(8)11)4-3-9(12)13/h7-8,11H,2-6H2,1H3,(H,12,13)/t7-,8+/m0/s1. The van der Waals surface area contributed by atoms with E-state index in [0.717, 1.165) is 0 Å². The van der Waals surface area contributed by atoms with Gasteiger partial charge in [-0.15, -0.1) is 0 Å². The van der Waals surface area contributed by atoms with Crippen LogP contribution in [-0.2, 0) is 9.53 Å². The summed E-state index contributed by atoms with van der Waals surface area (Å²) in [7, 11) is 0. The van der Waals surface area contributed by atoms with Crippen LogP contribution in [0.5, 0.6) is 0 Å². The van der Waals surface area contributed by atoms with Crippen molar-refractivity contribution < 1.29 is 19.7 Å². The summed E-state index contributed by atoms with van der Waals surface area (Å²) in [6.07, 6.45) is -0.525. The molecule has 0 radical (unpaired) electrons. The third-order valence-electron chi connectivity index (χ3n) is 2.34. The van der Waals surface area contributed by atoms with E-state index in [1.807, 2.05) is 11.8 Å². The summed E-state index contributed by atoms with van der Waals surface area (Å²) in [6, 6.07) is 0. The predicted octanol–water partition coefficient (Wildman–Crippen LogP) is -0.457. The van der Waals surface area contributed by atoms with E-state index >= 15 is 0 Å². The number of carboxylic acid groups (broad SMARTS) is 1. The molecule has 0 aromatic carbocycles.